The molecule has 1 rings (SSSR count). The summed E-state index contributed by atoms with van der Waals surface area (Å²) < 4.78 is 0. The summed E-state index contributed by atoms with van der Waals surface area (Å²) in [6.45, 7) is 3.77. The van der Waals surface area contributed by atoms with Gasteiger partial charge >= 0.3 is 0 Å². The van der Waals surface area contributed by atoms with E-state index in [-0.39, 0.29) is 0 Å². The Hall–Kier alpha value is -1.00. The summed E-state index contributed by atoms with van der Waals surface area (Å²) in [4.78, 5) is 0. The summed E-state index contributed by atoms with van der Waals surface area (Å²) in [5.74, 6) is 0. The zero-order valence-corrected chi connectivity index (χ0v) is 7.89. The van der Waals surface area contributed by atoms with E-state index in [2.05, 4.69) is 6.07 Å². The van der Waals surface area contributed by atoms with Crippen molar-refractivity contribution in [1.29, 1.82) is 5.26 Å². The summed E-state index contributed by atoms with van der Waals surface area (Å²) in [6.07, 6.45) is 0. The molecule has 0 aliphatic carbocycles. The van der Waals surface area contributed by atoms with Gasteiger partial charge in [0, 0.05) is 5.02 Å². The molecule has 62 valence electrons. The van der Waals surface area contributed by atoms with E-state index in [4.69, 9.17) is 16.9 Å². The highest BCUT2D eigenvalue weighted by Crippen LogP contribution is 2.23. The maximum Gasteiger partial charge on any atom is 0.0766 e. The lowest BCUT2D eigenvalue weighted by atomic mass is 9.87. The number of nitrogens with zero attached hydrogens (tertiary/aromatic N) is 1. The molecule has 0 bridgehead atoms. The Morgan fingerprint density at radius 3 is 2.17 bits per heavy atom. The first-order valence-electron chi connectivity index (χ1n) is 3.73. The maximum absolute atomic E-state index is 8.83. The third-order valence-corrected chi connectivity index (χ3v) is 2.10. The largest absolute Gasteiger partial charge is 0.197 e. The van der Waals surface area contributed by atoms with Crippen LogP contribution in [0.3, 0.4) is 0 Å². The van der Waals surface area contributed by atoms with Crippen LogP contribution in [-0.2, 0) is 5.41 Å². The molecule has 0 amide bonds. The average Bonchev–Trinajstić information content (AvgIpc) is 2.05. The Morgan fingerprint density at radius 1 is 1.25 bits per heavy atom. The fourth-order valence-electron chi connectivity index (χ4n) is 0.931. The summed E-state index contributed by atoms with van der Waals surface area (Å²) in [5, 5.41) is 9.54. The molecule has 1 aromatic rings. The summed E-state index contributed by atoms with van der Waals surface area (Å²) in [5.41, 5.74) is 0.569. The van der Waals surface area contributed by atoms with Crippen LogP contribution in [0.25, 0.3) is 0 Å². The van der Waals surface area contributed by atoms with Crippen molar-refractivity contribution in [1.82, 2.24) is 0 Å². The number of hydrogen-bond acceptors (Lipinski definition) is 1. The number of benzene rings is 1. The van der Waals surface area contributed by atoms with Gasteiger partial charge in [0.05, 0.1) is 11.5 Å². The van der Waals surface area contributed by atoms with Gasteiger partial charge in [0.1, 0.15) is 0 Å². The van der Waals surface area contributed by atoms with Gasteiger partial charge in [0.2, 0.25) is 0 Å². The molecule has 1 aromatic carbocycles. The van der Waals surface area contributed by atoms with E-state index in [9.17, 15) is 0 Å². The van der Waals surface area contributed by atoms with Crippen molar-refractivity contribution in [3.63, 3.8) is 0 Å². The molecular formula is C10H10ClN. The van der Waals surface area contributed by atoms with Crippen LogP contribution in [0.2, 0.25) is 5.02 Å². The normalized spacial score (nSPS) is 10.8. The molecule has 0 spiro atoms. The predicted molar refractivity (Wildman–Crippen MR) is 50.1 cm³/mol. The molecule has 0 aliphatic rings. The van der Waals surface area contributed by atoms with Gasteiger partial charge in [-0.1, -0.05) is 23.7 Å². The zero-order valence-electron chi connectivity index (χ0n) is 7.13. The SMILES string of the molecule is CC(C)(C#N)c1ccc(Cl)cc1. The zero-order chi connectivity index (χ0) is 9.19. The number of rotatable bonds is 1. The predicted octanol–water partition coefficient (Wildman–Crippen LogP) is 3.14. The van der Waals surface area contributed by atoms with Crippen LogP contribution in [-0.4, -0.2) is 0 Å². The summed E-state index contributed by atoms with van der Waals surface area (Å²) in [6, 6.07) is 9.60. The minimum absolute atomic E-state index is 0.426. The van der Waals surface area contributed by atoms with E-state index < -0.39 is 5.41 Å². The standard InChI is InChI=1S/C10H10ClN/c1-10(2,7-12)8-3-5-9(11)6-4-8/h3-6H,1-2H3. The van der Waals surface area contributed by atoms with Crippen molar-refractivity contribution in [3.8, 4) is 6.07 Å². The van der Waals surface area contributed by atoms with E-state index in [1.807, 2.05) is 26.0 Å². The van der Waals surface area contributed by atoms with Crippen molar-refractivity contribution in [2.75, 3.05) is 0 Å². The molecule has 0 radical (unpaired) electrons. The molecule has 0 unspecified atom stereocenters. The van der Waals surface area contributed by atoms with Crippen LogP contribution in [0, 0.1) is 11.3 Å². The van der Waals surface area contributed by atoms with Crippen LogP contribution in [0.4, 0.5) is 0 Å². The molecule has 2 heteroatoms. The Bertz CT molecular complexity index is 306. The molecule has 0 saturated heterocycles. The van der Waals surface area contributed by atoms with E-state index in [0.29, 0.717) is 5.02 Å². The van der Waals surface area contributed by atoms with E-state index in [1.165, 1.54) is 0 Å². The van der Waals surface area contributed by atoms with E-state index >= 15 is 0 Å². The highest BCUT2D eigenvalue weighted by Gasteiger charge is 2.18. The molecule has 0 N–H and O–H groups in total. The molecular weight excluding hydrogens is 170 g/mol. The molecule has 0 atom stereocenters. The second-order valence-corrected chi connectivity index (χ2v) is 3.68. The van der Waals surface area contributed by atoms with Crippen LogP contribution < -0.4 is 0 Å². The lowest BCUT2D eigenvalue weighted by Crippen LogP contribution is -2.13. The monoisotopic (exact) mass is 179 g/mol. The average molecular weight is 180 g/mol. The van der Waals surface area contributed by atoms with Gasteiger partial charge in [-0.25, -0.2) is 0 Å². The van der Waals surface area contributed by atoms with Crippen molar-refractivity contribution in [2.45, 2.75) is 19.3 Å². The van der Waals surface area contributed by atoms with Crippen molar-refractivity contribution in [3.05, 3.63) is 34.9 Å². The highest BCUT2D eigenvalue weighted by molar-refractivity contribution is 6.30. The Morgan fingerprint density at radius 2 is 1.75 bits per heavy atom. The lowest BCUT2D eigenvalue weighted by Gasteiger charge is -2.14. The number of nitriles is 1. The first-order valence-corrected chi connectivity index (χ1v) is 4.11. The Labute approximate surface area is 77.6 Å². The van der Waals surface area contributed by atoms with Gasteiger partial charge in [-0.15, -0.1) is 0 Å². The fourth-order valence-corrected chi connectivity index (χ4v) is 1.06. The topological polar surface area (TPSA) is 23.8 Å². The minimum Gasteiger partial charge on any atom is -0.197 e. The summed E-state index contributed by atoms with van der Waals surface area (Å²) >= 11 is 5.72. The molecule has 0 saturated carbocycles. The second kappa shape index (κ2) is 3.16. The van der Waals surface area contributed by atoms with Gasteiger partial charge in [-0.2, -0.15) is 5.26 Å². The number of hydrogen-bond donors (Lipinski definition) is 0. The highest BCUT2D eigenvalue weighted by atomic mass is 35.5. The van der Waals surface area contributed by atoms with Crippen molar-refractivity contribution >= 4 is 11.6 Å². The third kappa shape index (κ3) is 1.78. The molecule has 0 aliphatic heterocycles. The van der Waals surface area contributed by atoms with E-state index in [1.54, 1.807) is 12.1 Å². The van der Waals surface area contributed by atoms with Gasteiger partial charge in [0.25, 0.3) is 0 Å². The summed E-state index contributed by atoms with van der Waals surface area (Å²) in [7, 11) is 0. The van der Waals surface area contributed by atoms with Gasteiger partial charge < -0.3 is 0 Å². The lowest BCUT2D eigenvalue weighted by molar-refractivity contribution is 0.687. The Kier molecular flexibility index (Phi) is 2.40. The quantitative estimate of drug-likeness (QED) is 0.650. The van der Waals surface area contributed by atoms with Gasteiger partial charge in [-0.3, -0.25) is 0 Å². The number of halogens is 1. The maximum atomic E-state index is 8.83. The van der Waals surface area contributed by atoms with Crippen LogP contribution >= 0.6 is 11.6 Å². The van der Waals surface area contributed by atoms with Gasteiger partial charge in [0.15, 0.2) is 0 Å². The first-order chi connectivity index (χ1) is 5.56. The van der Waals surface area contributed by atoms with Gasteiger partial charge in [-0.05, 0) is 31.5 Å². The third-order valence-electron chi connectivity index (χ3n) is 1.85. The smallest absolute Gasteiger partial charge is 0.0766 e. The van der Waals surface area contributed by atoms with Crippen molar-refractivity contribution < 1.29 is 0 Å². The first kappa shape index (κ1) is 9.09. The second-order valence-electron chi connectivity index (χ2n) is 3.24. The molecule has 12 heavy (non-hydrogen) atoms. The fraction of sp³-hybridized carbons (Fsp3) is 0.300. The van der Waals surface area contributed by atoms with E-state index in [0.717, 1.165) is 5.56 Å². The molecule has 1 nitrogen and oxygen atoms in total. The van der Waals surface area contributed by atoms with Crippen LogP contribution in [0.5, 0.6) is 0 Å². The molecule has 0 aromatic heterocycles. The van der Waals surface area contributed by atoms with Crippen LogP contribution in [0.1, 0.15) is 19.4 Å². The van der Waals surface area contributed by atoms with Crippen molar-refractivity contribution in [2.24, 2.45) is 0 Å². The molecule has 0 fully saturated rings. The minimum atomic E-state index is -0.426. The van der Waals surface area contributed by atoms with Crippen LogP contribution in [0.15, 0.2) is 24.3 Å². The molecule has 0 heterocycles. The Balaban J connectivity index is 3.07.